The van der Waals surface area contributed by atoms with Crippen LogP contribution in [0.1, 0.15) is 29.5 Å². The SMILES string of the molecule is COc1cc(CC2CCCN2)cc(C)c1C. The van der Waals surface area contributed by atoms with Crippen LogP contribution in [0.25, 0.3) is 0 Å². The fourth-order valence-electron chi connectivity index (χ4n) is 2.44. The molecule has 1 N–H and O–H groups in total. The van der Waals surface area contributed by atoms with Crippen molar-refractivity contribution in [3.05, 3.63) is 28.8 Å². The van der Waals surface area contributed by atoms with Crippen LogP contribution >= 0.6 is 0 Å². The number of benzene rings is 1. The minimum atomic E-state index is 0.659. The molecule has 16 heavy (non-hydrogen) atoms. The summed E-state index contributed by atoms with van der Waals surface area (Å²) >= 11 is 0. The first-order chi connectivity index (χ1) is 7.70. The molecular weight excluding hydrogens is 198 g/mol. The summed E-state index contributed by atoms with van der Waals surface area (Å²) in [5.74, 6) is 1.02. The second-order valence-corrected chi connectivity index (χ2v) is 4.74. The van der Waals surface area contributed by atoms with Crippen molar-refractivity contribution < 1.29 is 4.74 Å². The molecule has 0 radical (unpaired) electrons. The lowest BCUT2D eigenvalue weighted by atomic mass is 9.99. The minimum Gasteiger partial charge on any atom is -0.496 e. The summed E-state index contributed by atoms with van der Waals surface area (Å²) in [5.41, 5.74) is 3.97. The van der Waals surface area contributed by atoms with Crippen LogP contribution in [0.4, 0.5) is 0 Å². The van der Waals surface area contributed by atoms with E-state index < -0.39 is 0 Å². The monoisotopic (exact) mass is 219 g/mol. The fraction of sp³-hybridized carbons (Fsp3) is 0.571. The Labute approximate surface area is 98.0 Å². The summed E-state index contributed by atoms with van der Waals surface area (Å²) < 4.78 is 5.41. The summed E-state index contributed by atoms with van der Waals surface area (Å²) in [6.45, 7) is 5.45. The molecule has 1 atom stereocenters. The Kier molecular flexibility index (Phi) is 3.49. The molecule has 0 bridgehead atoms. The van der Waals surface area contributed by atoms with Gasteiger partial charge in [-0.2, -0.15) is 0 Å². The first-order valence-corrected chi connectivity index (χ1v) is 6.08. The number of rotatable bonds is 3. The number of hydrogen-bond donors (Lipinski definition) is 1. The summed E-state index contributed by atoms with van der Waals surface area (Å²) in [7, 11) is 1.75. The highest BCUT2D eigenvalue weighted by Crippen LogP contribution is 2.24. The van der Waals surface area contributed by atoms with E-state index in [2.05, 4.69) is 31.3 Å². The van der Waals surface area contributed by atoms with Gasteiger partial charge in [-0.15, -0.1) is 0 Å². The van der Waals surface area contributed by atoms with E-state index in [1.54, 1.807) is 7.11 Å². The van der Waals surface area contributed by atoms with Crippen molar-refractivity contribution in [1.82, 2.24) is 5.32 Å². The standard InChI is InChI=1S/C14H21NO/c1-10-7-12(8-13-5-4-6-15-13)9-14(16-3)11(10)2/h7,9,13,15H,4-6,8H2,1-3H3. The maximum Gasteiger partial charge on any atom is 0.122 e. The van der Waals surface area contributed by atoms with Gasteiger partial charge < -0.3 is 10.1 Å². The summed E-state index contributed by atoms with van der Waals surface area (Å²) in [4.78, 5) is 0. The zero-order valence-corrected chi connectivity index (χ0v) is 10.5. The number of aryl methyl sites for hydroxylation is 1. The molecule has 1 aliphatic heterocycles. The second-order valence-electron chi connectivity index (χ2n) is 4.74. The number of ether oxygens (including phenoxy) is 1. The molecule has 2 rings (SSSR count). The van der Waals surface area contributed by atoms with Crippen molar-refractivity contribution in [1.29, 1.82) is 0 Å². The number of methoxy groups -OCH3 is 1. The van der Waals surface area contributed by atoms with E-state index in [-0.39, 0.29) is 0 Å². The van der Waals surface area contributed by atoms with Gasteiger partial charge in [-0.25, -0.2) is 0 Å². The molecule has 2 heteroatoms. The predicted molar refractivity (Wildman–Crippen MR) is 67.2 cm³/mol. The Bertz CT molecular complexity index is 367. The fourth-order valence-corrected chi connectivity index (χ4v) is 2.44. The van der Waals surface area contributed by atoms with Crippen LogP contribution in [0.3, 0.4) is 0 Å². The quantitative estimate of drug-likeness (QED) is 0.843. The number of nitrogens with one attached hydrogen (secondary N) is 1. The highest BCUT2D eigenvalue weighted by molar-refractivity contribution is 5.42. The molecule has 1 unspecified atom stereocenters. The van der Waals surface area contributed by atoms with Crippen LogP contribution in [-0.2, 0) is 6.42 Å². The Morgan fingerprint density at radius 1 is 1.38 bits per heavy atom. The molecule has 0 saturated carbocycles. The van der Waals surface area contributed by atoms with Gasteiger partial charge in [0.25, 0.3) is 0 Å². The molecule has 0 aromatic heterocycles. The van der Waals surface area contributed by atoms with E-state index in [0.717, 1.165) is 12.2 Å². The van der Waals surface area contributed by atoms with Crippen molar-refractivity contribution in [2.75, 3.05) is 13.7 Å². The largest absolute Gasteiger partial charge is 0.496 e. The lowest BCUT2D eigenvalue weighted by Gasteiger charge is -2.14. The molecule has 1 aromatic rings. The normalized spacial score (nSPS) is 20.1. The van der Waals surface area contributed by atoms with E-state index >= 15 is 0 Å². The van der Waals surface area contributed by atoms with E-state index in [4.69, 9.17) is 4.74 Å². The molecule has 1 aromatic carbocycles. The lowest BCUT2D eigenvalue weighted by molar-refractivity contribution is 0.410. The Morgan fingerprint density at radius 3 is 2.81 bits per heavy atom. The first kappa shape index (κ1) is 11.5. The maximum atomic E-state index is 5.41. The summed E-state index contributed by atoms with van der Waals surface area (Å²) in [6, 6.07) is 5.13. The lowest BCUT2D eigenvalue weighted by Crippen LogP contribution is -2.23. The summed E-state index contributed by atoms with van der Waals surface area (Å²) in [6.07, 6.45) is 3.74. The predicted octanol–water partition coefficient (Wildman–Crippen LogP) is 2.61. The van der Waals surface area contributed by atoms with Crippen LogP contribution in [0.5, 0.6) is 5.75 Å². The Morgan fingerprint density at radius 2 is 2.19 bits per heavy atom. The zero-order chi connectivity index (χ0) is 11.5. The van der Waals surface area contributed by atoms with Gasteiger partial charge in [0.1, 0.15) is 5.75 Å². The first-order valence-electron chi connectivity index (χ1n) is 6.08. The van der Waals surface area contributed by atoms with Gasteiger partial charge in [0.05, 0.1) is 7.11 Å². The average molecular weight is 219 g/mol. The van der Waals surface area contributed by atoms with Gasteiger partial charge in [-0.05, 0) is 62.4 Å². The molecule has 2 nitrogen and oxygen atoms in total. The molecule has 1 aliphatic rings. The average Bonchev–Trinajstić information content (AvgIpc) is 2.76. The third-order valence-electron chi connectivity index (χ3n) is 3.54. The maximum absolute atomic E-state index is 5.41. The van der Waals surface area contributed by atoms with Crippen LogP contribution in [0, 0.1) is 13.8 Å². The van der Waals surface area contributed by atoms with Crippen LogP contribution in [0.15, 0.2) is 12.1 Å². The molecule has 1 saturated heterocycles. The van der Waals surface area contributed by atoms with Crippen molar-refractivity contribution >= 4 is 0 Å². The van der Waals surface area contributed by atoms with Crippen molar-refractivity contribution in [2.24, 2.45) is 0 Å². The molecular formula is C14H21NO. The van der Waals surface area contributed by atoms with Crippen LogP contribution in [-0.4, -0.2) is 19.7 Å². The van der Waals surface area contributed by atoms with Crippen LogP contribution < -0.4 is 10.1 Å². The highest BCUT2D eigenvalue weighted by atomic mass is 16.5. The van der Waals surface area contributed by atoms with Crippen molar-refractivity contribution in [3.63, 3.8) is 0 Å². The number of hydrogen-bond acceptors (Lipinski definition) is 2. The van der Waals surface area contributed by atoms with Gasteiger partial charge in [0.2, 0.25) is 0 Å². The van der Waals surface area contributed by atoms with Gasteiger partial charge in [-0.3, -0.25) is 0 Å². The molecule has 1 fully saturated rings. The van der Waals surface area contributed by atoms with E-state index in [0.29, 0.717) is 6.04 Å². The minimum absolute atomic E-state index is 0.659. The van der Waals surface area contributed by atoms with Gasteiger partial charge in [0.15, 0.2) is 0 Å². The smallest absolute Gasteiger partial charge is 0.122 e. The Hall–Kier alpha value is -1.02. The highest BCUT2D eigenvalue weighted by Gasteiger charge is 2.15. The molecule has 0 amide bonds. The van der Waals surface area contributed by atoms with Gasteiger partial charge in [-0.1, -0.05) is 6.07 Å². The van der Waals surface area contributed by atoms with Crippen LogP contribution in [0.2, 0.25) is 0 Å². The summed E-state index contributed by atoms with van der Waals surface area (Å²) in [5, 5.41) is 3.54. The second kappa shape index (κ2) is 4.88. The van der Waals surface area contributed by atoms with E-state index in [1.165, 1.54) is 36.1 Å². The van der Waals surface area contributed by atoms with Crippen molar-refractivity contribution in [2.45, 2.75) is 39.2 Å². The molecule has 0 spiro atoms. The van der Waals surface area contributed by atoms with Gasteiger partial charge in [0, 0.05) is 6.04 Å². The third-order valence-corrected chi connectivity index (χ3v) is 3.54. The van der Waals surface area contributed by atoms with Crippen molar-refractivity contribution in [3.8, 4) is 5.75 Å². The third kappa shape index (κ3) is 2.38. The topological polar surface area (TPSA) is 21.3 Å². The molecule has 1 heterocycles. The van der Waals surface area contributed by atoms with E-state index in [9.17, 15) is 0 Å². The van der Waals surface area contributed by atoms with Gasteiger partial charge >= 0.3 is 0 Å². The Balaban J connectivity index is 2.17. The van der Waals surface area contributed by atoms with E-state index in [1.807, 2.05) is 0 Å². The zero-order valence-electron chi connectivity index (χ0n) is 10.5. The molecule has 88 valence electrons. The molecule has 0 aliphatic carbocycles.